The molecule has 2 aromatic rings. The first kappa shape index (κ1) is 15.0. The minimum atomic E-state index is -2.20. The Kier molecular flexibility index (Phi) is 3.68. The van der Waals surface area contributed by atoms with E-state index in [1.165, 1.54) is 17.2 Å². The Morgan fingerprint density at radius 1 is 1.45 bits per heavy atom. The van der Waals surface area contributed by atoms with Gasteiger partial charge in [0.15, 0.2) is 23.3 Å². The quantitative estimate of drug-likeness (QED) is 0.556. The highest BCUT2D eigenvalue weighted by Gasteiger charge is 2.56. The SMILES string of the molecule is CNc1ncnc2c1ncn2[C@@H]1O[C@H](CO)[C@@H](O)[C@]1(O)CF. The second-order valence-electron chi connectivity index (χ2n) is 5.08. The third-order valence-corrected chi connectivity index (χ3v) is 3.84. The molecule has 1 saturated heterocycles. The van der Waals surface area contributed by atoms with Gasteiger partial charge >= 0.3 is 0 Å². The lowest BCUT2D eigenvalue weighted by Crippen LogP contribution is -2.48. The average Bonchev–Trinajstić information content (AvgIpc) is 3.08. The summed E-state index contributed by atoms with van der Waals surface area (Å²) in [5.74, 6) is 0.463. The van der Waals surface area contributed by atoms with Crippen molar-refractivity contribution in [2.45, 2.75) is 24.0 Å². The van der Waals surface area contributed by atoms with Crippen LogP contribution in [0.1, 0.15) is 6.23 Å². The number of hydrogen-bond donors (Lipinski definition) is 4. The van der Waals surface area contributed by atoms with Crippen molar-refractivity contribution < 1.29 is 24.4 Å². The topological polar surface area (TPSA) is 126 Å². The van der Waals surface area contributed by atoms with Gasteiger partial charge in [-0.2, -0.15) is 0 Å². The van der Waals surface area contributed by atoms with Crippen LogP contribution < -0.4 is 5.32 Å². The van der Waals surface area contributed by atoms with Crippen LogP contribution in [0.2, 0.25) is 0 Å². The van der Waals surface area contributed by atoms with Crippen molar-refractivity contribution in [2.75, 3.05) is 25.6 Å². The highest BCUT2D eigenvalue weighted by molar-refractivity contribution is 5.82. The van der Waals surface area contributed by atoms with Crippen LogP contribution in [0.4, 0.5) is 10.2 Å². The van der Waals surface area contributed by atoms with Crippen LogP contribution in [0.25, 0.3) is 11.2 Å². The molecule has 9 nitrogen and oxygen atoms in total. The van der Waals surface area contributed by atoms with E-state index in [1.54, 1.807) is 7.05 Å². The summed E-state index contributed by atoms with van der Waals surface area (Å²) in [6.45, 7) is -1.80. The number of nitrogens with one attached hydrogen (secondary N) is 1. The van der Waals surface area contributed by atoms with Gasteiger partial charge in [-0.05, 0) is 0 Å². The third kappa shape index (κ3) is 1.96. The molecule has 0 aromatic carbocycles. The molecule has 4 atom stereocenters. The van der Waals surface area contributed by atoms with Crippen molar-refractivity contribution in [3.05, 3.63) is 12.7 Å². The lowest BCUT2D eigenvalue weighted by atomic mass is 9.95. The Balaban J connectivity index is 2.11. The van der Waals surface area contributed by atoms with E-state index in [1.807, 2.05) is 0 Å². The van der Waals surface area contributed by atoms with Crippen LogP contribution in [-0.4, -0.2) is 73.0 Å². The lowest BCUT2D eigenvalue weighted by Gasteiger charge is -2.28. The smallest absolute Gasteiger partial charge is 0.171 e. The molecule has 1 aliphatic rings. The monoisotopic (exact) mass is 313 g/mol. The van der Waals surface area contributed by atoms with Crippen molar-refractivity contribution in [1.82, 2.24) is 19.5 Å². The minimum Gasteiger partial charge on any atom is -0.394 e. The molecule has 22 heavy (non-hydrogen) atoms. The first-order chi connectivity index (χ1) is 10.6. The van der Waals surface area contributed by atoms with Gasteiger partial charge in [-0.25, -0.2) is 19.3 Å². The van der Waals surface area contributed by atoms with Crippen LogP contribution in [0, 0.1) is 0 Å². The Labute approximate surface area is 124 Å². The van der Waals surface area contributed by atoms with E-state index < -0.39 is 37.3 Å². The second-order valence-corrected chi connectivity index (χ2v) is 5.08. The van der Waals surface area contributed by atoms with Gasteiger partial charge in [0.25, 0.3) is 0 Å². The van der Waals surface area contributed by atoms with E-state index in [2.05, 4.69) is 20.3 Å². The Hall–Kier alpha value is -1.88. The first-order valence-corrected chi connectivity index (χ1v) is 6.64. The van der Waals surface area contributed by atoms with Crippen molar-refractivity contribution in [1.29, 1.82) is 0 Å². The number of aromatic nitrogens is 4. The van der Waals surface area contributed by atoms with Gasteiger partial charge in [0.1, 0.15) is 30.7 Å². The molecule has 4 N–H and O–H groups in total. The van der Waals surface area contributed by atoms with Gasteiger partial charge in [-0.3, -0.25) is 4.57 Å². The average molecular weight is 313 g/mol. The number of anilines is 1. The number of imidazole rings is 1. The highest BCUT2D eigenvalue weighted by atomic mass is 19.1. The fourth-order valence-electron chi connectivity index (χ4n) is 2.63. The lowest BCUT2D eigenvalue weighted by molar-refractivity contribution is -0.118. The van der Waals surface area contributed by atoms with Gasteiger partial charge < -0.3 is 25.4 Å². The predicted octanol–water partition coefficient (Wildman–Crippen LogP) is -1.18. The summed E-state index contributed by atoms with van der Waals surface area (Å²) in [6, 6.07) is 0. The molecule has 0 bridgehead atoms. The third-order valence-electron chi connectivity index (χ3n) is 3.84. The molecule has 0 radical (unpaired) electrons. The van der Waals surface area contributed by atoms with Gasteiger partial charge in [0.2, 0.25) is 0 Å². The molecule has 120 valence electrons. The zero-order chi connectivity index (χ0) is 15.9. The predicted molar refractivity (Wildman–Crippen MR) is 72.8 cm³/mol. The van der Waals surface area contributed by atoms with Crippen LogP contribution >= 0.6 is 0 Å². The number of halogens is 1. The second kappa shape index (κ2) is 5.39. The fourth-order valence-corrected chi connectivity index (χ4v) is 2.63. The highest BCUT2D eigenvalue weighted by Crippen LogP contribution is 2.40. The van der Waals surface area contributed by atoms with Crippen LogP contribution in [0.15, 0.2) is 12.7 Å². The van der Waals surface area contributed by atoms with Gasteiger partial charge in [-0.1, -0.05) is 0 Å². The van der Waals surface area contributed by atoms with Crippen molar-refractivity contribution >= 4 is 17.0 Å². The molecule has 0 amide bonds. The summed E-state index contributed by atoms with van der Waals surface area (Å²) in [6.07, 6.45) is -1.34. The van der Waals surface area contributed by atoms with Gasteiger partial charge in [-0.15, -0.1) is 0 Å². The van der Waals surface area contributed by atoms with Gasteiger partial charge in [0, 0.05) is 7.05 Å². The summed E-state index contributed by atoms with van der Waals surface area (Å²) in [5, 5.41) is 32.5. The van der Waals surface area contributed by atoms with Crippen LogP contribution in [0.5, 0.6) is 0 Å². The number of alkyl halides is 1. The molecule has 0 aliphatic carbocycles. The van der Waals surface area contributed by atoms with E-state index >= 15 is 0 Å². The number of fused-ring (bicyclic) bond motifs is 1. The minimum absolute atomic E-state index is 0.307. The van der Waals surface area contributed by atoms with E-state index in [0.29, 0.717) is 17.0 Å². The Morgan fingerprint density at radius 2 is 2.23 bits per heavy atom. The number of hydrogen-bond acceptors (Lipinski definition) is 8. The maximum Gasteiger partial charge on any atom is 0.171 e. The molecule has 2 aromatic heterocycles. The maximum absolute atomic E-state index is 13.4. The zero-order valence-corrected chi connectivity index (χ0v) is 11.7. The van der Waals surface area contributed by atoms with E-state index in [-0.39, 0.29) is 0 Å². The maximum atomic E-state index is 13.4. The largest absolute Gasteiger partial charge is 0.394 e. The number of rotatable bonds is 4. The molecule has 10 heteroatoms. The first-order valence-electron chi connectivity index (χ1n) is 6.64. The number of nitrogens with zero attached hydrogens (tertiary/aromatic N) is 4. The fraction of sp³-hybridized carbons (Fsp3) is 0.583. The standard InChI is InChI=1S/C12H16FN5O4/c1-14-9-7-10(16-4-15-9)18(5-17-7)11-12(21,3-13)8(20)6(2-19)22-11/h4-6,8,11,19-21H,2-3H2,1H3,(H,14,15,16)/t6-,8-,11-,12-/m1/s1. The summed E-state index contributed by atoms with van der Waals surface area (Å²) in [5.41, 5.74) is -1.48. The number of ether oxygens (including phenoxy) is 1. The number of aliphatic hydroxyl groups is 3. The molecule has 0 spiro atoms. The van der Waals surface area contributed by atoms with E-state index in [9.17, 15) is 19.7 Å². The molecule has 0 unspecified atom stereocenters. The van der Waals surface area contributed by atoms with Gasteiger partial charge in [0.05, 0.1) is 12.9 Å². The van der Waals surface area contributed by atoms with E-state index in [4.69, 9.17) is 4.74 Å². The van der Waals surface area contributed by atoms with Crippen LogP contribution in [0.3, 0.4) is 0 Å². The van der Waals surface area contributed by atoms with E-state index in [0.717, 1.165) is 0 Å². The molecular weight excluding hydrogens is 297 g/mol. The summed E-state index contributed by atoms with van der Waals surface area (Å²) >= 11 is 0. The van der Waals surface area contributed by atoms with Crippen molar-refractivity contribution in [2.24, 2.45) is 0 Å². The number of aliphatic hydroxyl groups excluding tert-OH is 2. The summed E-state index contributed by atoms with van der Waals surface area (Å²) in [4.78, 5) is 12.2. The summed E-state index contributed by atoms with van der Waals surface area (Å²) < 4.78 is 20.1. The molecule has 1 aliphatic heterocycles. The van der Waals surface area contributed by atoms with Crippen LogP contribution in [-0.2, 0) is 4.74 Å². The molecule has 0 saturated carbocycles. The molecule has 3 rings (SSSR count). The summed E-state index contributed by atoms with van der Waals surface area (Å²) in [7, 11) is 1.66. The van der Waals surface area contributed by atoms with Crippen molar-refractivity contribution in [3.8, 4) is 0 Å². The zero-order valence-electron chi connectivity index (χ0n) is 11.7. The van der Waals surface area contributed by atoms with Crippen molar-refractivity contribution in [3.63, 3.8) is 0 Å². The molecule has 1 fully saturated rings. The Bertz CT molecular complexity index is 683. The Morgan fingerprint density at radius 3 is 2.86 bits per heavy atom. The molecular formula is C12H16FN5O4. The normalized spacial score (nSPS) is 31.8. The molecule has 3 heterocycles.